The largest absolute Gasteiger partial charge is 0.355 e. The highest BCUT2D eigenvalue weighted by Gasteiger charge is 2.24. The lowest BCUT2D eigenvalue weighted by Crippen LogP contribution is -2.25. The summed E-state index contributed by atoms with van der Waals surface area (Å²) in [5, 5.41) is 2.89. The van der Waals surface area contributed by atoms with Gasteiger partial charge in [-0.05, 0) is 18.3 Å². The van der Waals surface area contributed by atoms with E-state index in [2.05, 4.69) is 17.5 Å². The van der Waals surface area contributed by atoms with Gasteiger partial charge in [0.15, 0.2) is 0 Å². The monoisotopic (exact) mass is 137 g/mol. The molecule has 2 heteroatoms. The molecule has 1 aliphatic carbocycles. The molecule has 0 aromatic rings. The van der Waals surface area contributed by atoms with Crippen molar-refractivity contribution in [1.29, 1.82) is 0 Å². The zero-order valence-corrected chi connectivity index (χ0v) is 5.84. The van der Waals surface area contributed by atoms with Gasteiger partial charge < -0.3 is 5.32 Å². The fraction of sp³-hybridized carbons (Fsp3) is 0.625. The number of rotatable bonds is 0. The fourth-order valence-electron chi connectivity index (χ4n) is 1.72. The van der Waals surface area contributed by atoms with Gasteiger partial charge in [-0.25, -0.2) is 0 Å². The Balaban J connectivity index is 2.14. The Hall–Kier alpha value is -0.790. The number of nitrogens with one attached hydrogen (secondary N) is 1. The molecular formula is C8H11NO. The lowest BCUT2D eigenvalue weighted by molar-refractivity contribution is -0.121. The van der Waals surface area contributed by atoms with E-state index in [-0.39, 0.29) is 5.91 Å². The van der Waals surface area contributed by atoms with Crippen LogP contribution >= 0.6 is 0 Å². The average molecular weight is 137 g/mol. The van der Waals surface area contributed by atoms with E-state index in [0.29, 0.717) is 18.3 Å². The molecule has 0 unspecified atom stereocenters. The first-order valence-corrected chi connectivity index (χ1v) is 3.79. The number of hydrogen-bond acceptors (Lipinski definition) is 1. The van der Waals surface area contributed by atoms with Crippen LogP contribution in [0.2, 0.25) is 0 Å². The third kappa shape index (κ3) is 0.939. The minimum Gasteiger partial charge on any atom is -0.355 e. The second-order valence-electron chi connectivity index (χ2n) is 3.15. The van der Waals surface area contributed by atoms with E-state index in [1.165, 1.54) is 6.42 Å². The van der Waals surface area contributed by atoms with E-state index < -0.39 is 0 Å². The van der Waals surface area contributed by atoms with Crippen molar-refractivity contribution in [2.24, 2.45) is 11.8 Å². The van der Waals surface area contributed by atoms with Gasteiger partial charge in [0.05, 0.1) is 0 Å². The molecule has 0 aromatic carbocycles. The minimum atomic E-state index is 0.219. The molecule has 2 aliphatic rings. The highest BCUT2D eigenvalue weighted by atomic mass is 16.1. The number of fused-ring (bicyclic) bond motifs is 2. The molecule has 2 nitrogen and oxygen atoms in total. The van der Waals surface area contributed by atoms with Crippen molar-refractivity contribution in [3.05, 3.63) is 12.2 Å². The van der Waals surface area contributed by atoms with Crippen LogP contribution in [-0.4, -0.2) is 12.5 Å². The molecule has 1 aliphatic heterocycles. The number of carbonyl (C=O) groups is 1. The summed E-state index contributed by atoms with van der Waals surface area (Å²) in [6.45, 7) is 0.853. The van der Waals surface area contributed by atoms with Gasteiger partial charge in [0.1, 0.15) is 0 Å². The van der Waals surface area contributed by atoms with Gasteiger partial charge in [0.25, 0.3) is 0 Å². The maximum Gasteiger partial charge on any atom is 0.220 e. The van der Waals surface area contributed by atoms with Crippen LogP contribution in [0.15, 0.2) is 12.2 Å². The molecule has 1 amide bonds. The predicted molar refractivity (Wildman–Crippen MR) is 38.4 cm³/mol. The fourth-order valence-corrected chi connectivity index (χ4v) is 1.72. The van der Waals surface area contributed by atoms with E-state index in [1.54, 1.807) is 0 Å². The van der Waals surface area contributed by atoms with Crippen LogP contribution in [0.3, 0.4) is 0 Å². The first-order chi connectivity index (χ1) is 4.84. The molecule has 0 saturated carbocycles. The van der Waals surface area contributed by atoms with E-state index in [9.17, 15) is 4.79 Å². The van der Waals surface area contributed by atoms with E-state index in [0.717, 1.165) is 6.54 Å². The van der Waals surface area contributed by atoms with Crippen molar-refractivity contribution in [3.63, 3.8) is 0 Å². The lowest BCUT2D eigenvalue weighted by Gasteiger charge is -2.03. The predicted octanol–water partition coefficient (Wildman–Crippen LogP) is 0.699. The molecular weight excluding hydrogens is 126 g/mol. The van der Waals surface area contributed by atoms with Crippen molar-refractivity contribution >= 4 is 5.91 Å². The Kier molecular flexibility index (Phi) is 1.26. The van der Waals surface area contributed by atoms with Crippen molar-refractivity contribution in [2.45, 2.75) is 12.8 Å². The molecule has 10 heavy (non-hydrogen) atoms. The number of carbonyl (C=O) groups excluding carboxylic acids is 1. The Bertz CT molecular complexity index is 186. The molecule has 0 spiro atoms. The van der Waals surface area contributed by atoms with Gasteiger partial charge in [0.2, 0.25) is 5.91 Å². The summed E-state index contributed by atoms with van der Waals surface area (Å²) in [6, 6.07) is 0. The van der Waals surface area contributed by atoms with E-state index >= 15 is 0 Å². The summed E-state index contributed by atoms with van der Waals surface area (Å²) in [6.07, 6.45) is 6.29. The SMILES string of the molecule is O=C1C[C@@H]2C=C[C@@H](CN1)C2. The molecule has 0 radical (unpaired) electrons. The third-order valence-corrected chi connectivity index (χ3v) is 2.27. The normalized spacial score (nSPS) is 37.4. The lowest BCUT2D eigenvalue weighted by atomic mass is 10.0. The summed E-state index contributed by atoms with van der Waals surface area (Å²) in [4.78, 5) is 10.9. The highest BCUT2D eigenvalue weighted by molar-refractivity contribution is 5.76. The summed E-state index contributed by atoms with van der Waals surface area (Å²) in [5.41, 5.74) is 0. The standard InChI is InChI=1S/C8H11NO/c10-8-4-6-1-2-7(3-6)5-9-8/h1-2,6-7H,3-5H2,(H,9,10)/t6-,7-/m1/s1. The molecule has 0 aromatic heterocycles. The summed E-state index contributed by atoms with van der Waals surface area (Å²) in [7, 11) is 0. The molecule has 1 N–H and O–H groups in total. The molecule has 2 rings (SSSR count). The highest BCUT2D eigenvalue weighted by Crippen LogP contribution is 2.27. The van der Waals surface area contributed by atoms with Gasteiger partial charge in [-0.3, -0.25) is 4.79 Å². The Labute approximate surface area is 60.3 Å². The summed E-state index contributed by atoms with van der Waals surface area (Å²) >= 11 is 0. The molecule has 1 saturated heterocycles. The minimum absolute atomic E-state index is 0.219. The maximum atomic E-state index is 10.9. The van der Waals surface area contributed by atoms with Crippen molar-refractivity contribution in [3.8, 4) is 0 Å². The quantitative estimate of drug-likeness (QED) is 0.489. The topological polar surface area (TPSA) is 29.1 Å². The number of allylic oxidation sites excluding steroid dienone is 1. The zero-order chi connectivity index (χ0) is 6.97. The van der Waals surface area contributed by atoms with Crippen LogP contribution in [0.4, 0.5) is 0 Å². The first-order valence-electron chi connectivity index (χ1n) is 3.79. The van der Waals surface area contributed by atoms with Crippen LogP contribution in [0.5, 0.6) is 0 Å². The molecule has 2 atom stereocenters. The van der Waals surface area contributed by atoms with Gasteiger partial charge in [-0.15, -0.1) is 0 Å². The smallest absolute Gasteiger partial charge is 0.220 e. The molecule has 1 heterocycles. The summed E-state index contributed by atoms with van der Waals surface area (Å²) in [5.74, 6) is 1.38. The van der Waals surface area contributed by atoms with E-state index in [1.807, 2.05) is 0 Å². The van der Waals surface area contributed by atoms with Gasteiger partial charge >= 0.3 is 0 Å². The zero-order valence-electron chi connectivity index (χ0n) is 5.84. The number of amides is 1. The average Bonchev–Trinajstić information content (AvgIpc) is 2.22. The van der Waals surface area contributed by atoms with Crippen molar-refractivity contribution in [1.82, 2.24) is 5.32 Å². The maximum absolute atomic E-state index is 10.9. The third-order valence-electron chi connectivity index (χ3n) is 2.27. The van der Waals surface area contributed by atoms with Crippen LogP contribution < -0.4 is 5.32 Å². The molecule has 2 bridgehead atoms. The Morgan fingerprint density at radius 2 is 2.20 bits per heavy atom. The Morgan fingerprint density at radius 3 is 3.10 bits per heavy atom. The summed E-state index contributed by atoms with van der Waals surface area (Å²) < 4.78 is 0. The van der Waals surface area contributed by atoms with Gasteiger partial charge in [-0.2, -0.15) is 0 Å². The van der Waals surface area contributed by atoms with E-state index in [4.69, 9.17) is 0 Å². The second-order valence-corrected chi connectivity index (χ2v) is 3.15. The number of hydrogen-bond donors (Lipinski definition) is 1. The molecule has 1 fully saturated rings. The first kappa shape index (κ1) is 5.96. The van der Waals surface area contributed by atoms with Gasteiger partial charge in [-0.1, -0.05) is 12.2 Å². The van der Waals surface area contributed by atoms with Crippen LogP contribution in [0.1, 0.15) is 12.8 Å². The molecule has 54 valence electrons. The van der Waals surface area contributed by atoms with Crippen molar-refractivity contribution < 1.29 is 4.79 Å². The van der Waals surface area contributed by atoms with Gasteiger partial charge in [0, 0.05) is 13.0 Å². The van der Waals surface area contributed by atoms with Crippen LogP contribution in [0, 0.1) is 11.8 Å². The van der Waals surface area contributed by atoms with Crippen LogP contribution in [0.25, 0.3) is 0 Å². The van der Waals surface area contributed by atoms with Crippen molar-refractivity contribution in [2.75, 3.05) is 6.54 Å². The Morgan fingerprint density at radius 1 is 1.40 bits per heavy atom. The second kappa shape index (κ2) is 2.11. The van der Waals surface area contributed by atoms with Crippen LogP contribution in [-0.2, 0) is 4.79 Å².